The van der Waals surface area contributed by atoms with Gasteiger partial charge in [0.15, 0.2) is 5.82 Å². The lowest BCUT2D eigenvalue weighted by Crippen LogP contribution is -1.87. The minimum Gasteiger partial charge on any atom is -0.336 e. The molecule has 0 aliphatic rings. The number of nitrogens with zero attached hydrogens (tertiary/aromatic N) is 7. The van der Waals surface area contributed by atoms with E-state index in [9.17, 15) is 0 Å². The lowest BCUT2D eigenvalue weighted by atomic mass is 10.1. The van der Waals surface area contributed by atoms with Crippen molar-refractivity contribution in [3.05, 3.63) is 67.8 Å². The smallest absolute Gasteiger partial charge is 0.159 e. The molecule has 0 unspecified atom stereocenters. The van der Waals surface area contributed by atoms with Gasteiger partial charge in [0.25, 0.3) is 0 Å². The van der Waals surface area contributed by atoms with Crippen molar-refractivity contribution >= 4 is 21.9 Å². The van der Waals surface area contributed by atoms with Crippen molar-refractivity contribution in [1.82, 2.24) is 45.1 Å². The molecule has 0 spiro atoms. The van der Waals surface area contributed by atoms with Gasteiger partial charge in [0.1, 0.15) is 17.5 Å². The summed E-state index contributed by atoms with van der Waals surface area (Å²) in [6.07, 6.45) is 12.0. The largest absolute Gasteiger partial charge is 0.336 e. The van der Waals surface area contributed by atoms with Crippen LogP contribution in [0.2, 0.25) is 0 Å². The van der Waals surface area contributed by atoms with Gasteiger partial charge in [-0.05, 0) is 24.3 Å². The van der Waals surface area contributed by atoms with E-state index in [1.54, 1.807) is 37.2 Å². The molecule has 9 heteroatoms. The zero-order chi connectivity index (χ0) is 19.9. The summed E-state index contributed by atoms with van der Waals surface area (Å²) in [6.45, 7) is 0. The van der Waals surface area contributed by atoms with Crippen LogP contribution < -0.4 is 0 Å². The molecule has 0 radical (unpaired) electrons. The Kier molecular flexibility index (Phi) is 3.57. The van der Waals surface area contributed by atoms with Crippen LogP contribution in [0, 0.1) is 0 Å². The normalized spacial score (nSPS) is 11.3. The number of rotatable bonds is 3. The Labute approximate surface area is 169 Å². The molecule has 2 N–H and O–H groups in total. The SMILES string of the molecule is c1cc(-c2nccc3[nH]c(-c4n[nH]c5cnc(-c6cncnc6)cc45)nc23)ccn1. The molecule has 9 nitrogen and oxygen atoms in total. The Morgan fingerprint density at radius 1 is 0.733 bits per heavy atom. The highest BCUT2D eigenvalue weighted by Crippen LogP contribution is 2.31. The fraction of sp³-hybridized carbons (Fsp3) is 0. The van der Waals surface area contributed by atoms with Crippen LogP contribution in [-0.4, -0.2) is 45.1 Å². The topological polar surface area (TPSA) is 122 Å². The molecule has 0 bridgehead atoms. The van der Waals surface area contributed by atoms with Crippen LogP contribution in [-0.2, 0) is 0 Å². The average molecular weight is 391 g/mol. The maximum atomic E-state index is 4.82. The van der Waals surface area contributed by atoms with E-state index in [0.29, 0.717) is 11.5 Å². The summed E-state index contributed by atoms with van der Waals surface area (Å²) in [7, 11) is 0. The first-order valence-corrected chi connectivity index (χ1v) is 9.22. The molecular formula is C21H13N9. The average Bonchev–Trinajstić information content (AvgIpc) is 3.43. The second-order valence-corrected chi connectivity index (χ2v) is 6.69. The van der Waals surface area contributed by atoms with Crippen LogP contribution in [0.4, 0.5) is 0 Å². The van der Waals surface area contributed by atoms with Gasteiger partial charge in [-0.15, -0.1) is 0 Å². The molecule has 6 aromatic rings. The zero-order valence-electron chi connectivity index (χ0n) is 15.5. The quantitative estimate of drug-likeness (QED) is 0.474. The van der Waals surface area contributed by atoms with Gasteiger partial charge in [0.05, 0.1) is 28.6 Å². The van der Waals surface area contributed by atoms with Crippen molar-refractivity contribution in [2.45, 2.75) is 0 Å². The van der Waals surface area contributed by atoms with E-state index in [0.717, 1.165) is 44.5 Å². The number of fused-ring (bicyclic) bond motifs is 2. The highest BCUT2D eigenvalue weighted by molar-refractivity contribution is 5.96. The lowest BCUT2D eigenvalue weighted by molar-refractivity contribution is 1.10. The van der Waals surface area contributed by atoms with E-state index in [4.69, 9.17) is 4.98 Å². The molecule has 0 aromatic carbocycles. The molecule has 142 valence electrons. The number of aromatic amines is 2. The van der Waals surface area contributed by atoms with Gasteiger partial charge in [-0.2, -0.15) is 5.10 Å². The molecule has 6 rings (SSSR count). The van der Waals surface area contributed by atoms with Gasteiger partial charge >= 0.3 is 0 Å². The molecule has 0 fully saturated rings. The van der Waals surface area contributed by atoms with Crippen molar-refractivity contribution in [1.29, 1.82) is 0 Å². The second-order valence-electron chi connectivity index (χ2n) is 6.69. The summed E-state index contributed by atoms with van der Waals surface area (Å²) >= 11 is 0. The Hall–Kier alpha value is -4.53. The monoisotopic (exact) mass is 391 g/mol. The van der Waals surface area contributed by atoms with Crippen molar-refractivity contribution in [2.75, 3.05) is 0 Å². The zero-order valence-corrected chi connectivity index (χ0v) is 15.5. The van der Waals surface area contributed by atoms with E-state index in [-0.39, 0.29) is 0 Å². The third-order valence-electron chi connectivity index (χ3n) is 4.88. The maximum Gasteiger partial charge on any atom is 0.159 e. The maximum absolute atomic E-state index is 4.82. The first-order valence-electron chi connectivity index (χ1n) is 9.22. The Balaban J connectivity index is 1.52. The third-order valence-corrected chi connectivity index (χ3v) is 4.88. The van der Waals surface area contributed by atoms with Crippen LogP contribution in [0.25, 0.3) is 56.0 Å². The second kappa shape index (κ2) is 6.52. The molecule has 30 heavy (non-hydrogen) atoms. The van der Waals surface area contributed by atoms with E-state index in [1.807, 2.05) is 24.3 Å². The van der Waals surface area contributed by atoms with E-state index >= 15 is 0 Å². The van der Waals surface area contributed by atoms with Crippen LogP contribution >= 0.6 is 0 Å². The molecular weight excluding hydrogens is 378 g/mol. The Bertz CT molecular complexity index is 1490. The number of imidazole rings is 1. The molecule has 0 atom stereocenters. The summed E-state index contributed by atoms with van der Waals surface area (Å²) < 4.78 is 0. The summed E-state index contributed by atoms with van der Waals surface area (Å²) in [6, 6.07) is 7.70. The molecule has 0 saturated heterocycles. The first-order chi connectivity index (χ1) is 14.9. The standard InChI is InChI=1S/C21H13N9/c1-4-22-5-2-12(1)18-20-15(3-6-25-18)27-21(28-20)19-14-7-16(13-8-23-11-24-9-13)26-10-17(14)29-30-19/h1-11H,(H,27,28)(H,29,30). The van der Waals surface area contributed by atoms with Gasteiger partial charge in [0, 0.05) is 47.5 Å². The van der Waals surface area contributed by atoms with Gasteiger partial charge in [-0.25, -0.2) is 15.0 Å². The van der Waals surface area contributed by atoms with Crippen LogP contribution in [0.3, 0.4) is 0 Å². The van der Waals surface area contributed by atoms with Crippen molar-refractivity contribution in [2.24, 2.45) is 0 Å². The predicted molar refractivity (Wildman–Crippen MR) is 111 cm³/mol. The minimum absolute atomic E-state index is 0.654. The molecule has 0 aliphatic heterocycles. The summed E-state index contributed by atoms with van der Waals surface area (Å²) in [5, 5.41) is 8.41. The number of hydrogen-bond acceptors (Lipinski definition) is 7. The summed E-state index contributed by atoms with van der Waals surface area (Å²) in [4.78, 5) is 29.4. The molecule has 6 heterocycles. The lowest BCUT2D eigenvalue weighted by Gasteiger charge is -2.00. The highest BCUT2D eigenvalue weighted by atomic mass is 15.1. The Morgan fingerprint density at radius 3 is 2.47 bits per heavy atom. The molecule has 0 aliphatic carbocycles. The van der Waals surface area contributed by atoms with E-state index in [1.165, 1.54) is 6.33 Å². The summed E-state index contributed by atoms with van der Waals surface area (Å²) in [5.74, 6) is 0.654. The van der Waals surface area contributed by atoms with Crippen molar-refractivity contribution < 1.29 is 0 Å². The fourth-order valence-corrected chi connectivity index (χ4v) is 3.46. The number of aromatic nitrogens is 9. The third kappa shape index (κ3) is 2.60. The number of hydrogen-bond donors (Lipinski definition) is 2. The van der Waals surface area contributed by atoms with Crippen molar-refractivity contribution in [3.8, 4) is 34.0 Å². The number of H-pyrrole nitrogens is 2. The summed E-state index contributed by atoms with van der Waals surface area (Å²) in [5.41, 5.74) is 6.54. The number of pyridine rings is 3. The van der Waals surface area contributed by atoms with Gasteiger partial charge in [0.2, 0.25) is 0 Å². The highest BCUT2D eigenvalue weighted by Gasteiger charge is 2.16. The fourth-order valence-electron chi connectivity index (χ4n) is 3.46. The minimum atomic E-state index is 0.654. The van der Waals surface area contributed by atoms with E-state index in [2.05, 4.69) is 40.1 Å². The number of nitrogens with one attached hydrogen (secondary N) is 2. The van der Waals surface area contributed by atoms with Crippen LogP contribution in [0.5, 0.6) is 0 Å². The van der Waals surface area contributed by atoms with Crippen molar-refractivity contribution in [3.63, 3.8) is 0 Å². The predicted octanol–water partition coefficient (Wildman–Crippen LogP) is 3.42. The molecule has 0 amide bonds. The molecule has 0 saturated carbocycles. The van der Waals surface area contributed by atoms with Gasteiger partial charge in [-0.3, -0.25) is 20.1 Å². The van der Waals surface area contributed by atoms with Crippen LogP contribution in [0.15, 0.2) is 67.8 Å². The first kappa shape index (κ1) is 16.4. The van der Waals surface area contributed by atoms with E-state index < -0.39 is 0 Å². The van der Waals surface area contributed by atoms with Gasteiger partial charge < -0.3 is 4.98 Å². The molecule has 6 aromatic heterocycles. The van der Waals surface area contributed by atoms with Crippen LogP contribution in [0.1, 0.15) is 0 Å². The van der Waals surface area contributed by atoms with Gasteiger partial charge in [-0.1, -0.05) is 0 Å². The Morgan fingerprint density at radius 2 is 1.60 bits per heavy atom.